The van der Waals surface area contributed by atoms with E-state index in [1.165, 1.54) is 19.3 Å². The van der Waals surface area contributed by atoms with Gasteiger partial charge in [0.1, 0.15) is 0 Å². The fourth-order valence-electron chi connectivity index (χ4n) is 3.00. The molecule has 0 aliphatic heterocycles. The van der Waals surface area contributed by atoms with Crippen molar-refractivity contribution in [3.05, 3.63) is 30.4 Å². The maximum absolute atomic E-state index is 12.1. The molecule has 0 saturated heterocycles. The second kappa shape index (κ2) is 7.35. The summed E-state index contributed by atoms with van der Waals surface area (Å²) in [7, 11) is 0. The number of hydrogen-bond acceptors (Lipinski definition) is 5. The van der Waals surface area contributed by atoms with Gasteiger partial charge in [-0.2, -0.15) is 4.98 Å². The number of nitrogens with one attached hydrogen (secondary N) is 1. The number of carbonyl (C=O) groups is 1. The summed E-state index contributed by atoms with van der Waals surface area (Å²) in [4.78, 5) is 20.4. The molecule has 6 nitrogen and oxygen atoms in total. The fourth-order valence-corrected chi connectivity index (χ4v) is 3.00. The van der Waals surface area contributed by atoms with Crippen LogP contribution in [-0.2, 0) is 11.2 Å². The lowest BCUT2D eigenvalue weighted by Gasteiger charge is -2.29. The van der Waals surface area contributed by atoms with E-state index in [0.717, 1.165) is 12.0 Å². The molecule has 1 saturated carbocycles. The van der Waals surface area contributed by atoms with E-state index < -0.39 is 0 Å². The molecule has 0 spiro atoms. The molecule has 2 atom stereocenters. The summed E-state index contributed by atoms with van der Waals surface area (Å²) < 4.78 is 5.21. The molecular formula is C17H22N4O2. The van der Waals surface area contributed by atoms with E-state index in [1.807, 2.05) is 12.1 Å². The molecule has 2 aromatic heterocycles. The van der Waals surface area contributed by atoms with Crippen LogP contribution < -0.4 is 5.32 Å². The molecule has 0 aromatic carbocycles. The summed E-state index contributed by atoms with van der Waals surface area (Å²) in [5.41, 5.74) is 0.808. The number of pyridine rings is 1. The third kappa shape index (κ3) is 4.15. The molecule has 23 heavy (non-hydrogen) atoms. The van der Waals surface area contributed by atoms with Gasteiger partial charge in [0.25, 0.3) is 0 Å². The van der Waals surface area contributed by atoms with E-state index in [9.17, 15) is 4.79 Å². The molecule has 1 amide bonds. The summed E-state index contributed by atoms with van der Waals surface area (Å²) in [6.45, 7) is 2.21. The lowest BCUT2D eigenvalue weighted by atomic mass is 9.86. The third-order valence-electron chi connectivity index (χ3n) is 4.41. The zero-order valence-corrected chi connectivity index (χ0v) is 13.4. The number of aryl methyl sites for hydroxylation is 1. The monoisotopic (exact) mass is 314 g/mol. The van der Waals surface area contributed by atoms with Gasteiger partial charge in [-0.25, -0.2) is 0 Å². The van der Waals surface area contributed by atoms with Gasteiger partial charge >= 0.3 is 0 Å². The van der Waals surface area contributed by atoms with E-state index in [4.69, 9.17) is 4.52 Å². The molecule has 1 N–H and O–H groups in total. The molecular weight excluding hydrogens is 292 g/mol. The SMILES string of the molecule is C[C@@H]1CCCC[C@H]1NC(=O)CCc1nc(-c2cccnc2)no1. The Kier molecular flexibility index (Phi) is 5.00. The largest absolute Gasteiger partial charge is 0.353 e. The van der Waals surface area contributed by atoms with Gasteiger partial charge in [-0.1, -0.05) is 24.9 Å². The van der Waals surface area contributed by atoms with Crippen molar-refractivity contribution in [2.45, 2.75) is 51.5 Å². The van der Waals surface area contributed by atoms with Gasteiger partial charge in [-0.3, -0.25) is 9.78 Å². The molecule has 0 radical (unpaired) electrons. The van der Waals surface area contributed by atoms with Crippen molar-refractivity contribution in [2.75, 3.05) is 0 Å². The number of rotatable bonds is 5. The zero-order valence-electron chi connectivity index (χ0n) is 13.4. The molecule has 0 unspecified atom stereocenters. The van der Waals surface area contributed by atoms with Crippen LogP contribution in [0.1, 0.15) is 44.9 Å². The minimum absolute atomic E-state index is 0.0601. The van der Waals surface area contributed by atoms with Crippen molar-refractivity contribution in [3.8, 4) is 11.4 Å². The summed E-state index contributed by atoms with van der Waals surface area (Å²) in [6.07, 6.45) is 8.97. The quantitative estimate of drug-likeness (QED) is 0.917. The predicted molar refractivity (Wildman–Crippen MR) is 85.4 cm³/mol. The molecule has 0 bridgehead atoms. The van der Waals surface area contributed by atoms with Crippen LogP contribution >= 0.6 is 0 Å². The lowest BCUT2D eigenvalue weighted by Crippen LogP contribution is -2.41. The van der Waals surface area contributed by atoms with Gasteiger partial charge < -0.3 is 9.84 Å². The van der Waals surface area contributed by atoms with E-state index in [1.54, 1.807) is 12.4 Å². The molecule has 1 fully saturated rings. The standard InChI is InChI=1S/C17H22N4O2/c1-12-5-2-3-7-14(12)19-15(22)8-9-16-20-17(21-23-16)13-6-4-10-18-11-13/h4,6,10-12,14H,2-3,5,7-9H2,1H3,(H,19,22)/t12-,14-/m1/s1. The van der Waals surface area contributed by atoms with Crippen LogP contribution in [0.4, 0.5) is 0 Å². The topological polar surface area (TPSA) is 80.9 Å². The van der Waals surface area contributed by atoms with E-state index in [0.29, 0.717) is 36.5 Å². The number of aromatic nitrogens is 3. The number of nitrogens with zero attached hydrogens (tertiary/aromatic N) is 3. The minimum Gasteiger partial charge on any atom is -0.353 e. The Labute approximate surface area is 135 Å². The first kappa shape index (κ1) is 15.6. The number of hydrogen-bond donors (Lipinski definition) is 1. The molecule has 1 aliphatic carbocycles. The average molecular weight is 314 g/mol. The highest BCUT2D eigenvalue weighted by atomic mass is 16.5. The molecule has 2 aromatic rings. The number of carbonyl (C=O) groups excluding carboxylic acids is 1. The van der Waals surface area contributed by atoms with Crippen molar-refractivity contribution >= 4 is 5.91 Å². The molecule has 2 heterocycles. The van der Waals surface area contributed by atoms with Crippen molar-refractivity contribution in [1.82, 2.24) is 20.4 Å². The lowest BCUT2D eigenvalue weighted by molar-refractivity contribution is -0.122. The van der Waals surface area contributed by atoms with E-state index in [-0.39, 0.29) is 5.91 Å². The fraction of sp³-hybridized carbons (Fsp3) is 0.529. The molecule has 3 rings (SSSR count). The van der Waals surface area contributed by atoms with Gasteiger partial charge in [-0.05, 0) is 30.9 Å². The summed E-state index contributed by atoms with van der Waals surface area (Å²) in [5.74, 6) is 1.61. The van der Waals surface area contributed by atoms with Crippen molar-refractivity contribution in [1.29, 1.82) is 0 Å². The molecule has 122 valence electrons. The van der Waals surface area contributed by atoms with Crippen LogP contribution in [0.3, 0.4) is 0 Å². The Bertz CT molecular complexity index is 641. The normalized spacial score (nSPS) is 21.1. The van der Waals surface area contributed by atoms with Crippen LogP contribution in [0, 0.1) is 5.92 Å². The third-order valence-corrected chi connectivity index (χ3v) is 4.41. The van der Waals surface area contributed by atoms with E-state index in [2.05, 4.69) is 27.4 Å². The van der Waals surface area contributed by atoms with E-state index >= 15 is 0 Å². The Balaban J connectivity index is 1.50. The van der Waals surface area contributed by atoms with Gasteiger partial charge in [0.2, 0.25) is 17.6 Å². The van der Waals surface area contributed by atoms with Crippen molar-refractivity contribution < 1.29 is 9.32 Å². The Morgan fingerprint density at radius 2 is 2.26 bits per heavy atom. The summed E-state index contributed by atoms with van der Waals surface area (Å²) in [5, 5.41) is 7.07. The number of amides is 1. The maximum Gasteiger partial charge on any atom is 0.227 e. The first-order chi connectivity index (χ1) is 11.2. The van der Waals surface area contributed by atoms with Crippen LogP contribution in [0.25, 0.3) is 11.4 Å². The highest BCUT2D eigenvalue weighted by Crippen LogP contribution is 2.23. The summed E-state index contributed by atoms with van der Waals surface area (Å²) >= 11 is 0. The second-order valence-corrected chi connectivity index (χ2v) is 6.19. The second-order valence-electron chi connectivity index (χ2n) is 6.19. The van der Waals surface area contributed by atoms with Gasteiger partial charge in [0, 0.05) is 36.8 Å². The van der Waals surface area contributed by atoms with Gasteiger partial charge in [0.15, 0.2) is 0 Å². The van der Waals surface area contributed by atoms with Crippen LogP contribution in [0.5, 0.6) is 0 Å². The average Bonchev–Trinajstić information content (AvgIpc) is 3.05. The minimum atomic E-state index is 0.0601. The van der Waals surface area contributed by atoms with Crippen molar-refractivity contribution in [3.63, 3.8) is 0 Å². The van der Waals surface area contributed by atoms with Crippen LogP contribution in [-0.4, -0.2) is 27.1 Å². The van der Waals surface area contributed by atoms with Crippen LogP contribution in [0.15, 0.2) is 29.0 Å². The Morgan fingerprint density at radius 3 is 3.04 bits per heavy atom. The Morgan fingerprint density at radius 1 is 1.39 bits per heavy atom. The highest BCUT2D eigenvalue weighted by molar-refractivity contribution is 5.76. The predicted octanol–water partition coefficient (Wildman–Crippen LogP) is 2.76. The Hall–Kier alpha value is -2.24. The first-order valence-corrected chi connectivity index (χ1v) is 8.25. The first-order valence-electron chi connectivity index (χ1n) is 8.25. The smallest absolute Gasteiger partial charge is 0.227 e. The van der Waals surface area contributed by atoms with Gasteiger partial charge in [-0.15, -0.1) is 0 Å². The highest BCUT2D eigenvalue weighted by Gasteiger charge is 2.22. The zero-order chi connectivity index (χ0) is 16.1. The summed E-state index contributed by atoms with van der Waals surface area (Å²) in [6, 6.07) is 4.01. The molecule has 6 heteroatoms. The van der Waals surface area contributed by atoms with Gasteiger partial charge in [0.05, 0.1) is 0 Å². The maximum atomic E-state index is 12.1. The molecule has 1 aliphatic rings. The van der Waals surface area contributed by atoms with Crippen LogP contribution in [0.2, 0.25) is 0 Å². The van der Waals surface area contributed by atoms with Crippen molar-refractivity contribution in [2.24, 2.45) is 5.92 Å².